The summed E-state index contributed by atoms with van der Waals surface area (Å²) in [6, 6.07) is 17.4. The van der Waals surface area contributed by atoms with Gasteiger partial charge in [0.1, 0.15) is 11.5 Å². The fraction of sp³-hybridized carbons (Fsp3) is 0.259. The summed E-state index contributed by atoms with van der Waals surface area (Å²) in [7, 11) is 3.74. The lowest BCUT2D eigenvalue weighted by molar-refractivity contribution is 0.0665. The first kappa shape index (κ1) is 27.3. The van der Waals surface area contributed by atoms with Crippen molar-refractivity contribution in [2.75, 3.05) is 45.6 Å². The van der Waals surface area contributed by atoms with Gasteiger partial charge in [-0.25, -0.2) is 4.79 Å². The molecular weight excluding hydrogens is 579 g/mol. The number of likely N-dealkylation sites (N-methyl/N-ethyl adjacent to an activating group) is 1. The van der Waals surface area contributed by atoms with Crippen LogP contribution >= 0.6 is 39.1 Å². The van der Waals surface area contributed by atoms with Crippen molar-refractivity contribution in [3.8, 4) is 11.5 Å². The van der Waals surface area contributed by atoms with E-state index in [4.69, 9.17) is 27.9 Å². The average Bonchev–Trinajstić information content (AvgIpc) is 2.88. The SMILES string of the molecule is CN1CCN(C(=O)c2ccccc2NC(=O)N(C)Cc2ccc(Oc3ccc(Cl)c(Cl)c3)cc2Br)CC1. The van der Waals surface area contributed by atoms with E-state index in [0.29, 0.717) is 52.4 Å². The number of ether oxygens (including phenoxy) is 1. The number of amides is 3. The van der Waals surface area contributed by atoms with Gasteiger partial charge in [0.2, 0.25) is 0 Å². The standard InChI is InChI=1S/C27H27BrCl2N4O3/c1-32-11-13-34(14-12-32)26(35)21-5-3-4-6-25(21)31-27(36)33(2)17-18-7-8-19(15-22(18)28)37-20-9-10-23(29)24(30)16-20/h3-10,15-16H,11-14,17H2,1-2H3,(H,31,36). The molecule has 0 spiro atoms. The van der Waals surface area contributed by atoms with E-state index in [1.165, 1.54) is 0 Å². The van der Waals surface area contributed by atoms with Crippen LogP contribution in [0, 0.1) is 0 Å². The Balaban J connectivity index is 1.40. The van der Waals surface area contributed by atoms with Crippen molar-refractivity contribution < 1.29 is 14.3 Å². The number of urea groups is 1. The molecule has 1 aliphatic heterocycles. The Labute approximate surface area is 235 Å². The Morgan fingerprint density at radius 1 is 0.973 bits per heavy atom. The molecule has 0 atom stereocenters. The first-order valence-electron chi connectivity index (χ1n) is 11.7. The fourth-order valence-electron chi connectivity index (χ4n) is 3.89. The van der Waals surface area contributed by atoms with Crippen molar-refractivity contribution in [1.82, 2.24) is 14.7 Å². The maximum absolute atomic E-state index is 13.1. The molecule has 3 amide bonds. The van der Waals surface area contributed by atoms with Gasteiger partial charge in [-0.05, 0) is 49.0 Å². The van der Waals surface area contributed by atoms with Crippen molar-refractivity contribution in [3.05, 3.63) is 86.3 Å². The Bertz CT molecular complexity index is 1300. The molecule has 0 radical (unpaired) electrons. The minimum atomic E-state index is -0.318. The first-order chi connectivity index (χ1) is 17.7. The van der Waals surface area contributed by atoms with Crippen molar-refractivity contribution in [2.24, 2.45) is 0 Å². The molecule has 194 valence electrons. The molecule has 0 unspecified atom stereocenters. The maximum Gasteiger partial charge on any atom is 0.321 e. The van der Waals surface area contributed by atoms with Crippen LogP contribution < -0.4 is 10.1 Å². The van der Waals surface area contributed by atoms with E-state index in [-0.39, 0.29) is 11.9 Å². The largest absolute Gasteiger partial charge is 0.457 e. The third-order valence-electron chi connectivity index (χ3n) is 6.10. The Morgan fingerprint density at radius 3 is 2.35 bits per heavy atom. The predicted octanol–water partition coefficient (Wildman–Crippen LogP) is 6.60. The zero-order valence-electron chi connectivity index (χ0n) is 20.5. The molecule has 0 aromatic heterocycles. The van der Waals surface area contributed by atoms with Crippen LogP contribution in [0.25, 0.3) is 0 Å². The van der Waals surface area contributed by atoms with E-state index in [2.05, 4.69) is 26.1 Å². The summed E-state index contributed by atoms with van der Waals surface area (Å²) in [5, 5.41) is 3.77. The summed E-state index contributed by atoms with van der Waals surface area (Å²) in [6.45, 7) is 3.32. The van der Waals surface area contributed by atoms with Crippen LogP contribution in [0.15, 0.2) is 65.1 Å². The first-order valence-corrected chi connectivity index (χ1v) is 13.3. The molecule has 3 aromatic carbocycles. The average molecular weight is 606 g/mol. The van der Waals surface area contributed by atoms with Crippen molar-refractivity contribution >= 4 is 56.8 Å². The summed E-state index contributed by atoms with van der Waals surface area (Å²) >= 11 is 15.6. The molecule has 0 saturated carbocycles. The molecule has 10 heteroatoms. The molecule has 7 nitrogen and oxygen atoms in total. The number of piperazine rings is 1. The second-order valence-corrected chi connectivity index (χ2v) is 10.5. The second-order valence-electron chi connectivity index (χ2n) is 8.86. The summed E-state index contributed by atoms with van der Waals surface area (Å²) in [6.07, 6.45) is 0. The summed E-state index contributed by atoms with van der Waals surface area (Å²) in [4.78, 5) is 31.7. The number of nitrogens with zero attached hydrogens (tertiary/aromatic N) is 3. The minimum Gasteiger partial charge on any atom is -0.457 e. The van der Waals surface area contributed by atoms with Crippen LogP contribution in [0.1, 0.15) is 15.9 Å². The van der Waals surface area contributed by atoms with Crippen LogP contribution in [0.5, 0.6) is 11.5 Å². The Morgan fingerprint density at radius 2 is 1.65 bits per heavy atom. The van der Waals surface area contributed by atoms with E-state index in [1.807, 2.05) is 30.1 Å². The fourth-order valence-corrected chi connectivity index (χ4v) is 4.66. The number of halogens is 3. The lowest BCUT2D eigenvalue weighted by Gasteiger charge is -2.32. The quantitative estimate of drug-likeness (QED) is 0.344. The Hall–Kier alpha value is -2.78. The normalized spacial score (nSPS) is 13.8. The van der Waals surface area contributed by atoms with Crippen LogP contribution in [-0.4, -0.2) is 66.9 Å². The summed E-state index contributed by atoms with van der Waals surface area (Å²) in [5.74, 6) is 1.10. The van der Waals surface area contributed by atoms with E-state index in [9.17, 15) is 9.59 Å². The van der Waals surface area contributed by atoms with Gasteiger partial charge in [0, 0.05) is 50.3 Å². The molecule has 1 fully saturated rings. The van der Waals surface area contributed by atoms with Gasteiger partial charge < -0.3 is 24.8 Å². The highest BCUT2D eigenvalue weighted by atomic mass is 79.9. The molecule has 1 aliphatic rings. The molecule has 1 heterocycles. The monoisotopic (exact) mass is 604 g/mol. The van der Waals surface area contributed by atoms with Gasteiger partial charge in [-0.3, -0.25) is 4.79 Å². The molecule has 37 heavy (non-hydrogen) atoms. The summed E-state index contributed by atoms with van der Waals surface area (Å²) < 4.78 is 6.66. The number of benzene rings is 3. The van der Waals surface area contributed by atoms with Crippen LogP contribution in [0.4, 0.5) is 10.5 Å². The van der Waals surface area contributed by atoms with E-state index < -0.39 is 0 Å². The molecule has 4 rings (SSSR count). The van der Waals surface area contributed by atoms with E-state index in [0.717, 1.165) is 23.1 Å². The van der Waals surface area contributed by atoms with Crippen molar-refractivity contribution in [1.29, 1.82) is 0 Å². The zero-order chi connectivity index (χ0) is 26.5. The molecule has 3 aromatic rings. The van der Waals surface area contributed by atoms with Crippen LogP contribution in [-0.2, 0) is 6.54 Å². The third kappa shape index (κ3) is 6.96. The predicted molar refractivity (Wildman–Crippen MR) is 151 cm³/mol. The number of carbonyl (C=O) groups excluding carboxylic acids is 2. The molecular formula is C27H27BrCl2N4O3. The number of para-hydroxylation sites is 1. The van der Waals surface area contributed by atoms with Crippen LogP contribution in [0.3, 0.4) is 0 Å². The number of nitrogens with one attached hydrogen (secondary N) is 1. The second kappa shape index (κ2) is 12.2. The number of carbonyl (C=O) groups is 2. The van der Waals surface area contributed by atoms with Gasteiger partial charge in [-0.2, -0.15) is 0 Å². The van der Waals surface area contributed by atoms with Crippen LogP contribution in [0.2, 0.25) is 10.0 Å². The number of hydrogen-bond donors (Lipinski definition) is 1. The van der Waals surface area contributed by atoms with Gasteiger partial charge in [-0.1, -0.05) is 57.3 Å². The van der Waals surface area contributed by atoms with Gasteiger partial charge in [0.15, 0.2) is 0 Å². The third-order valence-corrected chi connectivity index (χ3v) is 7.57. The van der Waals surface area contributed by atoms with Crippen molar-refractivity contribution in [2.45, 2.75) is 6.54 Å². The lowest BCUT2D eigenvalue weighted by Crippen LogP contribution is -2.47. The molecule has 1 saturated heterocycles. The summed E-state index contributed by atoms with van der Waals surface area (Å²) in [5.41, 5.74) is 1.87. The van der Waals surface area contributed by atoms with Gasteiger partial charge in [-0.15, -0.1) is 0 Å². The Kier molecular flexibility index (Phi) is 8.97. The number of rotatable bonds is 6. The van der Waals surface area contributed by atoms with Gasteiger partial charge in [0.05, 0.1) is 21.3 Å². The highest BCUT2D eigenvalue weighted by Gasteiger charge is 2.23. The lowest BCUT2D eigenvalue weighted by atomic mass is 10.1. The topological polar surface area (TPSA) is 65.1 Å². The zero-order valence-corrected chi connectivity index (χ0v) is 23.6. The van der Waals surface area contributed by atoms with E-state index in [1.54, 1.807) is 54.4 Å². The van der Waals surface area contributed by atoms with Gasteiger partial charge >= 0.3 is 6.03 Å². The highest BCUT2D eigenvalue weighted by Crippen LogP contribution is 2.31. The van der Waals surface area contributed by atoms with Gasteiger partial charge in [0.25, 0.3) is 5.91 Å². The maximum atomic E-state index is 13.1. The van der Waals surface area contributed by atoms with E-state index >= 15 is 0 Å². The number of anilines is 1. The highest BCUT2D eigenvalue weighted by molar-refractivity contribution is 9.10. The smallest absolute Gasteiger partial charge is 0.321 e. The number of hydrogen-bond acceptors (Lipinski definition) is 4. The molecule has 1 N–H and O–H groups in total. The minimum absolute atomic E-state index is 0.0769. The molecule has 0 bridgehead atoms. The molecule has 0 aliphatic carbocycles. The van der Waals surface area contributed by atoms with Crippen molar-refractivity contribution in [3.63, 3.8) is 0 Å².